The van der Waals surface area contributed by atoms with Gasteiger partial charge in [0, 0.05) is 18.1 Å². The van der Waals surface area contributed by atoms with E-state index in [1.54, 1.807) is 23.0 Å². The molecule has 1 N–H and O–H groups in total. The fourth-order valence-electron chi connectivity index (χ4n) is 2.47. The van der Waals surface area contributed by atoms with Crippen molar-refractivity contribution in [3.8, 4) is 0 Å². The van der Waals surface area contributed by atoms with Crippen molar-refractivity contribution in [3.63, 3.8) is 0 Å². The van der Waals surface area contributed by atoms with Crippen molar-refractivity contribution < 1.29 is 4.79 Å². The van der Waals surface area contributed by atoms with E-state index < -0.39 is 0 Å². The van der Waals surface area contributed by atoms with E-state index in [2.05, 4.69) is 40.3 Å². The van der Waals surface area contributed by atoms with Gasteiger partial charge in [-0.25, -0.2) is 9.50 Å². The standard InChI is InChI=1S/C18H21N5OS/c1-4-12(2)14-8-5-6-9-15(14)20-16(24)13(3)25-18-21-17-19-10-7-11-23(17)22-18/h5-13H,4H2,1-3H3,(H,20,24). The van der Waals surface area contributed by atoms with Crippen LogP contribution >= 0.6 is 11.8 Å². The van der Waals surface area contributed by atoms with Gasteiger partial charge in [0.15, 0.2) is 0 Å². The number of para-hydroxylation sites is 1. The third-order valence-electron chi connectivity index (χ3n) is 4.11. The number of aromatic nitrogens is 4. The third kappa shape index (κ3) is 3.99. The van der Waals surface area contributed by atoms with Crippen LogP contribution in [0.5, 0.6) is 0 Å². The van der Waals surface area contributed by atoms with E-state index in [9.17, 15) is 4.79 Å². The molecule has 0 radical (unpaired) electrons. The van der Waals surface area contributed by atoms with Gasteiger partial charge < -0.3 is 5.32 Å². The Kier molecular flexibility index (Phi) is 5.33. The lowest BCUT2D eigenvalue weighted by molar-refractivity contribution is -0.115. The number of hydrogen-bond donors (Lipinski definition) is 1. The van der Waals surface area contributed by atoms with Crippen LogP contribution in [-0.4, -0.2) is 30.7 Å². The molecule has 0 aliphatic carbocycles. The molecule has 3 aromatic rings. The molecule has 7 heteroatoms. The third-order valence-corrected chi connectivity index (χ3v) is 5.06. The Morgan fingerprint density at radius 1 is 1.28 bits per heavy atom. The van der Waals surface area contributed by atoms with E-state index in [4.69, 9.17) is 0 Å². The second-order valence-corrected chi connectivity index (χ2v) is 7.21. The lowest BCUT2D eigenvalue weighted by atomic mass is 9.97. The number of nitrogens with one attached hydrogen (secondary N) is 1. The Labute approximate surface area is 151 Å². The van der Waals surface area contributed by atoms with Gasteiger partial charge >= 0.3 is 0 Å². The Bertz CT molecular complexity index is 846. The highest BCUT2D eigenvalue weighted by molar-refractivity contribution is 8.00. The molecule has 0 bridgehead atoms. The summed E-state index contributed by atoms with van der Waals surface area (Å²) in [6, 6.07) is 9.75. The molecule has 0 spiro atoms. The van der Waals surface area contributed by atoms with Crippen LogP contribution in [0.15, 0.2) is 47.9 Å². The van der Waals surface area contributed by atoms with Crippen LogP contribution in [0.3, 0.4) is 0 Å². The molecule has 3 rings (SSSR count). The molecule has 0 aliphatic heterocycles. The van der Waals surface area contributed by atoms with Gasteiger partial charge in [0.2, 0.25) is 11.1 Å². The van der Waals surface area contributed by atoms with Gasteiger partial charge in [-0.15, -0.1) is 5.10 Å². The average Bonchev–Trinajstić information content (AvgIpc) is 3.03. The molecular formula is C18H21N5OS. The van der Waals surface area contributed by atoms with Crippen LogP contribution < -0.4 is 5.32 Å². The molecule has 130 valence electrons. The van der Waals surface area contributed by atoms with Crippen LogP contribution in [0.2, 0.25) is 0 Å². The molecule has 25 heavy (non-hydrogen) atoms. The minimum Gasteiger partial charge on any atom is -0.325 e. The van der Waals surface area contributed by atoms with Crippen molar-refractivity contribution in [2.24, 2.45) is 0 Å². The molecule has 1 aromatic carbocycles. The Morgan fingerprint density at radius 2 is 2.08 bits per heavy atom. The lowest BCUT2D eigenvalue weighted by Gasteiger charge is -2.17. The fourth-order valence-corrected chi connectivity index (χ4v) is 3.22. The van der Waals surface area contributed by atoms with Crippen molar-refractivity contribution in [2.75, 3.05) is 5.32 Å². The van der Waals surface area contributed by atoms with Crippen molar-refractivity contribution in [3.05, 3.63) is 48.3 Å². The molecule has 2 heterocycles. The zero-order valence-corrected chi connectivity index (χ0v) is 15.3. The van der Waals surface area contributed by atoms with Crippen LogP contribution in [0.4, 0.5) is 5.69 Å². The highest BCUT2D eigenvalue weighted by Crippen LogP contribution is 2.28. The highest BCUT2D eigenvalue weighted by atomic mass is 32.2. The molecule has 2 unspecified atom stereocenters. The Balaban J connectivity index is 1.71. The van der Waals surface area contributed by atoms with Crippen LogP contribution in [0.1, 0.15) is 38.7 Å². The summed E-state index contributed by atoms with van der Waals surface area (Å²) in [7, 11) is 0. The number of thioether (sulfide) groups is 1. The predicted molar refractivity (Wildman–Crippen MR) is 99.9 cm³/mol. The van der Waals surface area contributed by atoms with Gasteiger partial charge in [0.25, 0.3) is 5.78 Å². The van der Waals surface area contributed by atoms with Crippen molar-refractivity contribution in [2.45, 2.75) is 43.5 Å². The van der Waals surface area contributed by atoms with Crippen molar-refractivity contribution >= 4 is 29.1 Å². The second kappa shape index (κ2) is 7.65. The summed E-state index contributed by atoms with van der Waals surface area (Å²) < 4.78 is 1.60. The Hall–Kier alpha value is -2.41. The van der Waals surface area contributed by atoms with Crippen LogP contribution in [-0.2, 0) is 4.79 Å². The number of anilines is 1. The number of carbonyl (C=O) groups excluding carboxylic acids is 1. The summed E-state index contributed by atoms with van der Waals surface area (Å²) in [5.74, 6) is 0.859. The molecule has 1 amide bonds. The number of fused-ring (bicyclic) bond motifs is 1. The minimum absolute atomic E-state index is 0.0624. The molecule has 2 aromatic heterocycles. The van der Waals surface area contributed by atoms with E-state index >= 15 is 0 Å². The highest BCUT2D eigenvalue weighted by Gasteiger charge is 2.19. The maximum Gasteiger partial charge on any atom is 0.253 e. The zero-order valence-electron chi connectivity index (χ0n) is 14.5. The SMILES string of the molecule is CCC(C)c1ccccc1NC(=O)C(C)Sc1nc2ncccn2n1. The number of amides is 1. The summed E-state index contributed by atoms with van der Waals surface area (Å²) in [6.45, 7) is 6.16. The van der Waals surface area contributed by atoms with E-state index in [1.165, 1.54) is 11.8 Å². The molecule has 2 atom stereocenters. The zero-order chi connectivity index (χ0) is 17.8. The van der Waals surface area contributed by atoms with Crippen molar-refractivity contribution in [1.29, 1.82) is 0 Å². The van der Waals surface area contributed by atoms with Crippen LogP contribution in [0, 0.1) is 0 Å². The maximum atomic E-state index is 12.6. The minimum atomic E-state index is -0.317. The van der Waals surface area contributed by atoms with E-state index in [0.29, 0.717) is 16.9 Å². The first kappa shape index (κ1) is 17.4. The van der Waals surface area contributed by atoms with E-state index in [1.807, 2.05) is 25.1 Å². The first-order chi connectivity index (χ1) is 12.1. The molecule has 0 saturated heterocycles. The van der Waals surface area contributed by atoms with Gasteiger partial charge in [0.05, 0.1) is 5.25 Å². The smallest absolute Gasteiger partial charge is 0.253 e. The predicted octanol–water partition coefficient (Wildman–Crippen LogP) is 3.76. The van der Waals surface area contributed by atoms with Gasteiger partial charge in [-0.1, -0.05) is 43.8 Å². The monoisotopic (exact) mass is 355 g/mol. The first-order valence-electron chi connectivity index (χ1n) is 8.32. The molecule has 0 saturated carbocycles. The summed E-state index contributed by atoms with van der Waals surface area (Å²) in [5, 5.41) is 7.59. The normalized spacial score (nSPS) is 13.6. The molecule has 0 fully saturated rings. The molecule has 0 aliphatic rings. The largest absolute Gasteiger partial charge is 0.325 e. The van der Waals surface area contributed by atoms with Crippen LogP contribution in [0.25, 0.3) is 5.78 Å². The first-order valence-corrected chi connectivity index (χ1v) is 9.20. The topological polar surface area (TPSA) is 72.2 Å². The van der Waals surface area contributed by atoms with Gasteiger partial charge in [-0.05, 0) is 37.0 Å². The maximum absolute atomic E-state index is 12.6. The molecule has 6 nitrogen and oxygen atoms in total. The van der Waals surface area contributed by atoms with Gasteiger partial charge in [0.1, 0.15) is 0 Å². The van der Waals surface area contributed by atoms with Gasteiger partial charge in [-0.2, -0.15) is 4.98 Å². The average molecular weight is 355 g/mol. The quantitative estimate of drug-likeness (QED) is 0.682. The number of carbonyl (C=O) groups is 1. The summed E-state index contributed by atoms with van der Waals surface area (Å²) in [4.78, 5) is 21.0. The van der Waals surface area contributed by atoms with E-state index in [0.717, 1.165) is 17.7 Å². The summed E-state index contributed by atoms with van der Waals surface area (Å²) >= 11 is 1.32. The van der Waals surface area contributed by atoms with Gasteiger partial charge in [-0.3, -0.25) is 4.79 Å². The molecular weight excluding hydrogens is 334 g/mol. The summed E-state index contributed by atoms with van der Waals surface area (Å²) in [5.41, 5.74) is 2.03. The fraction of sp³-hybridized carbons (Fsp3) is 0.333. The second-order valence-electron chi connectivity index (χ2n) is 5.90. The summed E-state index contributed by atoms with van der Waals surface area (Å²) in [6.07, 6.45) is 4.47. The lowest BCUT2D eigenvalue weighted by Crippen LogP contribution is -2.23. The Morgan fingerprint density at radius 3 is 2.84 bits per heavy atom. The van der Waals surface area contributed by atoms with Crippen molar-refractivity contribution in [1.82, 2.24) is 19.6 Å². The number of benzene rings is 1. The number of hydrogen-bond acceptors (Lipinski definition) is 5. The number of rotatable bonds is 6. The number of nitrogens with zero attached hydrogens (tertiary/aromatic N) is 4. The van der Waals surface area contributed by atoms with E-state index in [-0.39, 0.29) is 11.2 Å².